The maximum Gasteiger partial charge on any atom is 0.262 e. The van der Waals surface area contributed by atoms with Crippen LogP contribution in [0.1, 0.15) is 33.2 Å². The maximum atomic E-state index is 13.8. The van der Waals surface area contributed by atoms with Crippen molar-refractivity contribution in [3.63, 3.8) is 0 Å². The first-order chi connectivity index (χ1) is 13.8. The number of carbonyl (C=O) groups is 1. The quantitative estimate of drug-likeness (QED) is 0.464. The SMILES string of the molecule is CC[C@@H](C)n1c(S[C@H](C)C(=O)Nc2c(F)cccc2F)nc2ccccc2c1=O. The predicted molar refractivity (Wildman–Crippen MR) is 111 cm³/mol. The monoisotopic (exact) mass is 417 g/mol. The van der Waals surface area contributed by atoms with Crippen molar-refractivity contribution in [3.8, 4) is 0 Å². The number of halogens is 2. The lowest BCUT2D eigenvalue weighted by molar-refractivity contribution is -0.115. The molecule has 0 fully saturated rings. The third kappa shape index (κ3) is 4.32. The normalized spacial score (nSPS) is 13.3. The smallest absolute Gasteiger partial charge is 0.262 e. The van der Waals surface area contributed by atoms with Crippen LogP contribution in [0.5, 0.6) is 0 Å². The Balaban J connectivity index is 1.94. The fourth-order valence-corrected chi connectivity index (χ4v) is 3.84. The molecule has 0 saturated carbocycles. The first-order valence-electron chi connectivity index (χ1n) is 9.26. The number of nitrogens with one attached hydrogen (secondary N) is 1. The number of anilines is 1. The van der Waals surface area contributed by atoms with E-state index < -0.39 is 28.5 Å². The minimum absolute atomic E-state index is 0.124. The summed E-state index contributed by atoms with van der Waals surface area (Å²) in [4.78, 5) is 30.1. The van der Waals surface area contributed by atoms with E-state index in [0.29, 0.717) is 22.5 Å². The lowest BCUT2D eigenvalue weighted by Gasteiger charge is -2.20. The van der Waals surface area contributed by atoms with Gasteiger partial charge in [-0.3, -0.25) is 14.2 Å². The summed E-state index contributed by atoms with van der Waals surface area (Å²) in [6.07, 6.45) is 0.703. The molecule has 1 aromatic heterocycles. The highest BCUT2D eigenvalue weighted by atomic mass is 32.2. The molecule has 0 radical (unpaired) electrons. The summed E-state index contributed by atoms with van der Waals surface area (Å²) in [6, 6.07) is 10.3. The Labute approximate surface area is 171 Å². The van der Waals surface area contributed by atoms with E-state index in [1.807, 2.05) is 13.8 Å². The standard InChI is InChI=1S/C21H21F2N3O2S/c1-4-12(2)26-20(28)14-8-5-6-11-17(14)24-21(26)29-13(3)19(27)25-18-15(22)9-7-10-16(18)23/h5-13H,4H2,1-3H3,(H,25,27)/t12-,13-/m1/s1. The summed E-state index contributed by atoms with van der Waals surface area (Å²) in [5.41, 5.74) is -0.136. The Morgan fingerprint density at radius 2 is 1.79 bits per heavy atom. The molecule has 1 amide bonds. The van der Waals surface area contributed by atoms with Crippen LogP contribution in [0.25, 0.3) is 10.9 Å². The van der Waals surface area contributed by atoms with Crippen molar-refractivity contribution in [1.29, 1.82) is 0 Å². The first kappa shape index (κ1) is 21.0. The lowest BCUT2D eigenvalue weighted by atomic mass is 10.2. The molecule has 1 heterocycles. The molecular weight excluding hydrogens is 396 g/mol. The fourth-order valence-electron chi connectivity index (χ4n) is 2.83. The predicted octanol–water partition coefficient (Wildman–Crippen LogP) is 4.77. The number of carbonyl (C=O) groups excluding carboxylic acids is 1. The van der Waals surface area contributed by atoms with E-state index in [4.69, 9.17) is 0 Å². The van der Waals surface area contributed by atoms with Crippen molar-refractivity contribution in [3.05, 3.63) is 64.5 Å². The molecule has 0 aliphatic carbocycles. The molecular formula is C21H21F2N3O2S. The summed E-state index contributed by atoms with van der Waals surface area (Å²) in [6.45, 7) is 5.46. The van der Waals surface area contributed by atoms with Gasteiger partial charge in [0.25, 0.3) is 5.56 Å². The van der Waals surface area contributed by atoms with E-state index in [0.717, 1.165) is 23.9 Å². The van der Waals surface area contributed by atoms with Gasteiger partial charge in [0, 0.05) is 6.04 Å². The highest BCUT2D eigenvalue weighted by molar-refractivity contribution is 8.00. The van der Waals surface area contributed by atoms with Gasteiger partial charge >= 0.3 is 0 Å². The minimum Gasteiger partial charge on any atom is -0.320 e. The molecule has 1 N–H and O–H groups in total. The van der Waals surface area contributed by atoms with Gasteiger partial charge in [0.1, 0.15) is 17.3 Å². The molecule has 2 atom stereocenters. The van der Waals surface area contributed by atoms with Gasteiger partial charge in [-0.25, -0.2) is 13.8 Å². The van der Waals surface area contributed by atoms with Crippen LogP contribution in [0.3, 0.4) is 0 Å². The Hall–Kier alpha value is -2.74. The molecule has 0 aliphatic rings. The van der Waals surface area contributed by atoms with E-state index in [-0.39, 0.29) is 11.6 Å². The Kier molecular flexibility index (Phi) is 6.32. The number of rotatable bonds is 6. The van der Waals surface area contributed by atoms with Crippen LogP contribution in [0.2, 0.25) is 0 Å². The van der Waals surface area contributed by atoms with Gasteiger partial charge in [0.05, 0.1) is 16.2 Å². The van der Waals surface area contributed by atoms with Crippen molar-refractivity contribution in [1.82, 2.24) is 9.55 Å². The van der Waals surface area contributed by atoms with Crippen molar-refractivity contribution in [2.24, 2.45) is 0 Å². The zero-order valence-electron chi connectivity index (χ0n) is 16.3. The van der Waals surface area contributed by atoms with Gasteiger partial charge in [-0.2, -0.15) is 0 Å². The zero-order valence-corrected chi connectivity index (χ0v) is 17.1. The second kappa shape index (κ2) is 8.73. The van der Waals surface area contributed by atoms with Crippen LogP contribution in [0.4, 0.5) is 14.5 Å². The molecule has 152 valence electrons. The molecule has 2 aromatic carbocycles. The van der Waals surface area contributed by atoms with Gasteiger partial charge < -0.3 is 5.32 Å². The Morgan fingerprint density at radius 3 is 2.45 bits per heavy atom. The van der Waals surface area contributed by atoms with Crippen LogP contribution < -0.4 is 10.9 Å². The highest BCUT2D eigenvalue weighted by Crippen LogP contribution is 2.27. The zero-order chi connectivity index (χ0) is 21.1. The largest absolute Gasteiger partial charge is 0.320 e. The van der Waals surface area contributed by atoms with Crippen molar-refractivity contribution < 1.29 is 13.6 Å². The van der Waals surface area contributed by atoms with Gasteiger partial charge in [0.15, 0.2) is 5.16 Å². The first-order valence-corrected chi connectivity index (χ1v) is 10.1. The molecule has 29 heavy (non-hydrogen) atoms. The average Bonchev–Trinajstić information content (AvgIpc) is 2.70. The number of thioether (sulfide) groups is 1. The highest BCUT2D eigenvalue weighted by Gasteiger charge is 2.23. The average molecular weight is 417 g/mol. The summed E-state index contributed by atoms with van der Waals surface area (Å²) in [5, 5.41) is 2.44. The van der Waals surface area contributed by atoms with Gasteiger partial charge in [-0.05, 0) is 44.5 Å². The van der Waals surface area contributed by atoms with E-state index in [9.17, 15) is 18.4 Å². The van der Waals surface area contributed by atoms with Crippen molar-refractivity contribution in [2.75, 3.05) is 5.32 Å². The molecule has 0 unspecified atom stereocenters. The second-order valence-corrected chi connectivity index (χ2v) is 8.00. The topological polar surface area (TPSA) is 64.0 Å². The molecule has 8 heteroatoms. The summed E-state index contributed by atoms with van der Waals surface area (Å²) < 4.78 is 29.2. The summed E-state index contributed by atoms with van der Waals surface area (Å²) in [7, 11) is 0. The number of aromatic nitrogens is 2. The molecule has 0 spiro atoms. The van der Waals surface area contributed by atoms with Crippen LogP contribution in [0.15, 0.2) is 52.4 Å². The molecule has 3 aromatic rings. The molecule has 0 bridgehead atoms. The molecule has 3 rings (SSSR count). The number of amides is 1. The van der Waals surface area contributed by atoms with Crippen LogP contribution in [0, 0.1) is 11.6 Å². The summed E-state index contributed by atoms with van der Waals surface area (Å²) >= 11 is 1.08. The number of hydrogen-bond donors (Lipinski definition) is 1. The number of para-hydroxylation sites is 2. The number of hydrogen-bond acceptors (Lipinski definition) is 4. The van der Waals surface area contributed by atoms with Crippen LogP contribution >= 0.6 is 11.8 Å². The van der Waals surface area contributed by atoms with Crippen LogP contribution in [-0.2, 0) is 4.79 Å². The third-order valence-corrected chi connectivity index (χ3v) is 5.74. The van der Waals surface area contributed by atoms with E-state index >= 15 is 0 Å². The Morgan fingerprint density at radius 1 is 1.14 bits per heavy atom. The van der Waals surface area contributed by atoms with Gasteiger partial charge in [-0.1, -0.05) is 36.9 Å². The molecule has 5 nitrogen and oxygen atoms in total. The third-order valence-electron chi connectivity index (χ3n) is 4.67. The van der Waals surface area contributed by atoms with Gasteiger partial charge in [0.2, 0.25) is 5.91 Å². The summed E-state index contributed by atoms with van der Waals surface area (Å²) in [5.74, 6) is -2.29. The van der Waals surface area contributed by atoms with Crippen molar-refractivity contribution in [2.45, 2.75) is 43.6 Å². The molecule has 0 saturated heterocycles. The fraction of sp³-hybridized carbons (Fsp3) is 0.286. The van der Waals surface area contributed by atoms with E-state index in [2.05, 4.69) is 10.3 Å². The molecule has 0 aliphatic heterocycles. The number of benzene rings is 2. The maximum absolute atomic E-state index is 13.8. The second-order valence-electron chi connectivity index (χ2n) is 6.69. The van der Waals surface area contributed by atoms with Crippen LogP contribution in [-0.4, -0.2) is 20.7 Å². The van der Waals surface area contributed by atoms with Crippen molar-refractivity contribution >= 4 is 34.3 Å². The van der Waals surface area contributed by atoms with E-state index in [1.165, 1.54) is 6.07 Å². The lowest BCUT2D eigenvalue weighted by Crippen LogP contribution is -2.29. The number of nitrogens with zero attached hydrogens (tertiary/aromatic N) is 2. The minimum atomic E-state index is -0.851. The van der Waals surface area contributed by atoms with E-state index in [1.54, 1.807) is 35.8 Å². The Bertz CT molecular complexity index is 1100. The van der Waals surface area contributed by atoms with Gasteiger partial charge in [-0.15, -0.1) is 0 Å². The number of fused-ring (bicyclic) bond motifs is 1.